The second-order valence-corrected chi connectivity index (χ2v) is 4.23. The van der Waals surface area contributed by atoms with Gasteiger partial charge in [0.15, 0.2) is 6.10 Å². The van der Waals surface area contributed by atoms with E-state index in [1.807, 2.05) is 0 Å². The molecule has 0 spiro atoms. The van der Waals surface area contributed by atoms with E-state index in [2.05, 4.69) is 6.92 Å². The highest BCUT2D eigenvalue weighted by molar-refractivity contribution is 4.64. The number of alkyl halides is 3. The Kier molecular flexibility index (Phi) is 9.55. The summed E-state index contributed by atoms with van der Waals surface area (Å²) in [6, 6.07) is 0. The fourth-order valence-electron chi connectivity index (χ4n) is 1.45. The molecule has 1 N–H and O–H groups in total. The van der Waals surface area contributed by atoms with Gasteiger partial charge in [0.25, 0.3) is 0 Å². The van der Waals surface area contributed by atoms with E-state index in [-0.39, 0.29) is 13.0 Å². The molecule has 17 heavy (non-hydrogen) atoms. The Balaban J connectivity index is 3.19. The summed E-state index contributed by atoms with van der Waals surface area (Å²) in [5.41, 5.74) is 0. The van der Waals surface area contributed by atoms with Gasteiger partial charge in [-0.1, -0.05) is 39.0 Å². The average molecular weight is 256 g/mol. The highest BCUT2D eigenvalue weighted by Gasteiger charge is 2.37. The fourth-order valence-corrected chi connectivity index (χ4v) is 1.45. The van der Waals surface area contributed by atoms with Crippen molar-refractivity contribution in [1.82, 2.24) is 0 Å². The first-order valence-corrected chi connectivity index (χ1v) is 6.31. The van der Waals surface area contributed by atoms with E-state index in [1.165, 1.54) is 19.3 Å². The van der Waals surface area contributed by atoms with Crippen LogP contribution in [0.15, 0.2) is 0 Å². The second-order valence-electron chi connectivity index (χ2n) is 4.23. The van der Waals surface area contributed by atoms with E-state index in [0.29, 0.717) is 6.61 Å². The first-order chi connectivity index (χ1) is 7.98. The molecule has 0 heterocycles. The minimum absolute atomic E-state index is 0.0321. The van der Waals surface area contributed by atoms with E-state index in [9.17, 15) is 13.2 Å². The molecular formula is C12H23F3O2. The monoisotopic (exact) mass is 256 g/mol. The predicted octanol–water partition coefficient (Wildman–Crippen LogP) is 3.68. The topological polar surface area (TPSA) is 29.5 Å². The lowest BCUT2D eigenvalue weighted by Gasteiger charge is -2.14. The Morgan fingerprint density at radius 1 is 1.00 bits per heavy atom. The molecule has 0 rings (SSSR count). The van der Waals surface area contributed by atoms with Gasteiger partial charge in [0, 0.05) is 19.6 Å². The van der Waals surface area contributed by atoms with Crippen LogP contribution in [0.2, 0.25) is 0 Å². The van der Waals surface area contributed by atoms with Crippen LogP contribution in [0.25, 0.3) is 0 Å². The lowest BCUT2D eigenvalue weighted by atomic mass is 10.1. The van der Waals surface area contributed by atoms with Gasteiger partial charge in [-0.2, -0.15) is 13.2 Å². The number of unbranched alkanes of at least 4 members (excludes halogenated alkanes) is 5. The summed E-state index contributed by atoms with van der Waals surface area (Å²) in [5.74, 6) is 0. The Morgan fingerprint density at radius 3 is 2.18 bits per heavy atom. The minimum Gasteiger partial charge on any atom is -0.384 e. The van der Waals surface area contributed by atoms with Crippen molar-refractivity contribution < 1.29 is 23.0 Å². The van der Waals surface area contributed by atoms with E-state index in [0.717, 1.165) is 19.3 Å². The van der Waals surface area contributed by atoms with Crippen LogP contribution in [0.4, 0.5) is 13.2 Å². The van der Waals surface area contributed by atoms with Crippen LogP contribution in [0.1, 0.15) is 51.9 Å². The molecule has 0 bridgehead atoms. The third-order valence-electron chi connectivity index (χ3n) is 2.56. The highest BCUT2D eigenvalue weighted by atomic mass is 19.4. The van der Waals surface area contributed by atoms with E-state index < -0.39 is 12.3 Å². The molecule has 0 aromatic rings. The minimum atomic E-state index is -4.52. The van der Waals surface area contributed by atoms with Crippen molar-refractivity contribution in [3.63, 3.8) is 0 Å². The van der Waals surface area contributed by atoms with Crippen LogP contribution in [0.5, 0.6) is 0 Å². The number of aliphatic hydroxyl groups is 1. The Morgan fingerprint density at radius 2 is 1.59 bits per heavy atom. The lowest BCUT2D eigenvalue weighted by Crippen LogP contribution is -2.29. The maximum absolute atomic E-state index is 11.9. The molecule has 0 fully saturated rings. The predicted molar refractivity (Wildman–Crippen MR) is 60.9 cm³/mol. The van der Waals surface area contributed by atoms with Crippen LogP contribution in [0.3, 0.4) is 0 Å². The molecule has 0 saturated heterocycles. The Hall–Kier alpha value is -0.290. The third-order valence-corrected chi connectivity index (χ3v) is 2.56. The van der Waals surface area contributed by atoms with Gasteiger partial charge in [0.1, 0.15) is 0 Å². The maximum Gasteiger partial charge on any atom is 0.414 e. The summed E-state index contributed by atoms with van der Waals surface area (Å²) >= 11 is 0. The summed E-state index contributed by atoms with van der Waals surface area (Å²) in [6.07, 6.45) is -0.417. The molecule has 2 nitrogen and oxygen atoms in total. The van der Waals surface area contributed by atoms with Gasteiger partial charge in [-0.05, 0) is 6.42 Å². The average Bonchev–Trinajstić information content (AvgIpc) is 2.25. The zero-order valence-electron chi connectivity index (χ0n) is 10.4. The quantitative estimate of drug-likeness (QED) is 0.604. The van der Waals surface area contributed by atoms with Gasteiger partial charge < -0.3 is 9.84 Å². The smallest absolute Gasteiger partial charge is 0.384 e. The molecule has 0 aliphatic carbocycles. The standard InChI is InChI=1S/C12H23F3O2/c1-2-3-4-5-6-7-9-17-10-8-11(16)12(13,14)15/h11,16H,2-10H2,1H3. The number of rotatable bonds is 10. The zero-order valence-corrected chi connectivity index (χ0v) is 10.4. The van der Waals surface area contributed by atoms with Gasteiger partial charge in [0.05, 0.1) is 0 Å². The molecular weight excluding hydrogens is 233 g/mol. The van der Waals surface area contributed by atoms with Crippen LogP contribution < -0.4 is 0 Å². The third kappa shape index (κ3) is 10.6. The van der Waals surface area contributed by atoms with Gasteiger partial charge >= 0.3 is 6.18 Å². The Labute approximate surface area is 101 Å². The first-order valence-electron chi connectivity index (χ1n) is 6.31. The van der Waals surface area contributed by atoms with Gasteiger partial charge in [0.2, 0.25) is 0 Å². The second kappa shape index (κ2) is 9.71. The van der Waals surface area contributed by atoms with Crippen molar-refractivity contribution in [2.45, 2.75) is 64.1 Å². The summed E-state index contributed by atoms with van der Waals surface area (Å²) in [6.45, 7) is 2.60. The molecule has 5 heteroatoms. The van der Waals surface area contributed by atoms with Crippen molar-refractivity contribution in [3.8, 4) is 0 Å². The van der Waals surface area contributed by atoms with Crippen LogP contribution in [0, 0.1) is 0 Å². The Bertz CT molecular complexity index is 172. The summed E-state index contributed by atoms with van der Waals surface area (Å²) in [4.78, 5) is 0. The number of aliphatic hydroxyl groups excluding tert-OH is 1. The molecule has 1 unspecified atom stereocenters. The summed E-state index contributed by atoms with van der Waals surface area (Å²) < 4.78 is 40.7. The highest BCUT2D eigenvalue weighted by Crippen LogP contribution is 2.22. The maximum atomic E-state index is 11.9. The summed E-state index contributed by atoms with van der Waals surface area (Å²) in [5, 5.41) is 8.68. The molecule has 104 valence electrons. The number of halogens is 3. The fraction of sp³-hybridized carbons (Fsp3) is 1.00. The number of ether oxygens (including phenoxy) is 1. The van der Waals surface area contributed by atoms with Gasteiger partial charge in [-0.25, -0.2) is 0 Å². The zero-order chi connectivity index (χ0) is 13.1. The molecule has 0 aromatic heterocycles. The summed E-state index contributed by atoms with van der Waals surface area (Å²) in [7, 11) is 0. The molecule has 0 aliphatic heterocycles. The lowest BCUT2D eigenvalue weighted by molar-refractivity contribution is -0.208. The van der Waals surface area contributed by atoms with E-state index in [1.54, 1.807) is 0 Å². The molecule has 0 saturated carbocycles. The van der Waals surface area contributed by atoms with Crippen LogP contribution in [-0.4, -0.2) is 30.6 Å². The van der Waals surface area contributed by atoms with Crippen molar-refractivity contribution in [2.24, 2.45) is 0 Å². The van der Waals surface area contributed by atoms with Gasteiger partial charge in [-0.15, -0.1) is 0 Å². The van der Waals surface area contributed by atoms with Crippen molar-refractivity contribution in [2.75, 3.05) is 13.2 Å². The van der Waals surface area contributed by atoms with Crippen molar-refractivity contribution in [1.29, 1.82) is 0 Å². The molecule has 1 atom stereocenters. The normalized spacial score (nSPS) is 13.9. The largest absolute Gasteiger partial charge is 0.414 e. The van der Waals surface area contributed by atoms with Crippen LogP contribution >= 0.6 is 0 Å². The van der Waals surface area contributed by atoms with E-state index in [4.69, 9.17) is 9.84 Å². The number of hydrogen-bond donors (Lipinski definition) is 1. The number of hydrogen-bond acceptors (Lipinski definition) is 2. The molecule has 0 amide bonds. The van der Waals surface area contributed by atoms with E-state index >= 15 is 0 Å². The first kappa shape index (κ1) is 16.7. The van der Waals surface area contributed by atoms with Crippen molar-refractivity contribution in [3.05, 3.63) is 0 Å². The molecule has 0 radical (unpaired) electrons. The van der Waals surface area contributed by atoms with Crippen molar-refractivity contribution >= 4 is 0 Å². The molecule has 0 aliphatic rings. The molecule has 0 aromatic carbocycles. The van der Waals surface area contributed by atoms with Crippen LogP contribution in [-0.2, 0) is 4.74 Å². The SMILES string of the molecule is CCCCCCCCOCCC(O)C(F)(F)F. The van der Waals surface area contributed by atoms with Gasteiger partial charge in [-0.3, -0.25) is 0 Å².